The molecule has 0 unspecified atom stereocenters. The molecule has 0 saturated carbocycles. The van der Waals surface area contributed by atoms with E-state index in [9.17, 15) is 4.79 Å². The fourth-order valence-corrected chi connectivity index (χ4v) is 2.99. The van der Waals surface area contributed by atoms with Crippen LogP contribution < -0.4 is 10.2 Å². The van der Waals surface area contributed by atoms with Gasteiger partial charge in [0.15, 0.2) is 0 Å². The first-order valence-electron chi connectivity index (χ1n) is 8.43. The van der Waals surface area contributed by atoms with Crippen LogP contribution in [0.4, 0.5) is 10.5 Å². The van der Waals surface area contributed by atoms with Crippen molar-refractivity contribution in [3.05, 3.63) is 29.3 Å². The summed E-state index contributed by atoms with van der Waals surface area (Å²) in [4.78, 5) is 16.6. The van der Waals surface area contributed by atoms with Gasteiger partial charge in [-0.1, -0.05) is 26.0 Å². The largest absolute Gasteiger partial charge is 0.368 e. The van der Waals surface area contributed by atoms with Gasteiger partial charge in [0.2, 0.25) is 0 Å². The number of amides is 2. The van der Waals surface area contributed by atoms with E-state index in [1.807, 2.05) is 4.90 Å². The van der Waals surface area contributed by atoms with Gasteiger partial charge in [0, 0.05) is 37.9 Å². The Balaban J connectivity index is 0.00000264. The van der Waals surface area contributed by atoms with Crippen LogP contribution in [0.3, 0.4) is 0 Å². The maximum Gasteiger partial charge on any atom is 0.317 e. The number of aryl methyl sites for hydroxylation is 1. The Morgan fingerprint density at radius 3 is 2.30 bits per heavy atom. The maximum absolute atomic E-state index is 12.3. The Labute approximate surface area is 146 Å². The third-order valence-corrected chi connectivity index (χ3v) is 4.80. The number of hydrogen-bond acceptors (Lipinski definition) is 2. The van der Waals surface area contributed by atoms with Crippen LogP contribution >= 0.6 is 12.4 Å². The molecule has 5 heteroatoms. The van der Waals surface area contributed by atoms with Crippen molar-refractivity contribution in [3.63, 3.8) is 0 Å². The minimum atomic E-state index is 0. The highest BCUT2D eigenvalue weighted by molar-refractivity contribution is 5.85. The van der Waals surface area contributed by atoms with E-state index in [0.29, 0.717) is 6.04 Å². The van der Waals surface area contributed by atoms with E-state index in [1.54, 1.807) is 0 Å². The van der Waals surface area contributed by atoms with Crippen molar-refractivity contribution in [2.75, 3.05) is 31.1 Å². The summed E-state index contributed by atoms with van der Waals surface area (Å²) in [5, 5.41) is 3.13. The van der Waals surface area contributed by atoms with Crippen LogP contribution in [-0.4, -0.2) is 43.2 Å². The first-order valence-corrected chi connectivity index (χ1v) is 8.43. The molecule has 1 N–H and O–H groups in total. The molecule has 0 atom stereocenters. The normalized spacial score (nSPS) is 14.7. The van der Waals surface area contributed by atoms with Crippen molar-refractivity contribution in [2.45, 2.75) is 46.6 Å². The zero-order chi connectivity index (χ0) is 16.1. The smallest absolute Gasteiger partial charge is 0.317 e. The van der Waals surface area contributed by atoms with Crippen molar-refractivity contribution in [3.8, 4) is 0 Å². The summed E-state index contributed by atoms with van der Waals surface area (Å²) in [5.74, 6) is 0. The Kier molecular flexibility index (Phi) is 7.69. The molecule has 1 fully saturated rings. The number of rotatable bonds is 4. The molecule has 0 bridgehead atoms. The standard InChI is InChI=1S/C18H29N3O.ClH/c1-5-16(6-2)19-18(22)21-12-10-20(11-13-21)17-9-7-8-14(3)15(17)4;/h7-9,16H,5-6,10-13H2,1-4H3,(H,19,22);1H. The van der Waals surface area contributed by atoms with Crippen molar-refractivity contribution in [1.82, 2.24) is 10.2 Å². The molecule has 130 valence electrons. The van der Waals surface area contributed by atoms with Gasteiger partial charge in [-0.05, 0) is 43.9 Å². The van der Waals surface area contributed by atoms with Gasteiger partial charge in [0.25, 0.3) is 0 Å². The van der Waals surface area contributed by atoms with Gasteiger partial charge in [0.05, 0.1) is 0 Å². The van der Waals surface area contributed by atoms with Gasteiger partial charge >= 0.3 is 6.03 Å². The summed E-state index contributed by atoms with van der Waals surface area (Å²) in [7, 11) is 0. The van der Waals surface area contributed by atoms with Crippen LogP contribution in [0.1, 0.15) is 37.8 Å². The second-order valence-corrected chi connectivity index (χ2v) is 6.16. The number of urea groups is 1. The minimum absolute atomic E-state index is 0. The SMILES string of the molecule is CCC(CC)NC(=O)N1CCN(c2cccc(C)c2C)CC1.Cl. The van der Waals surface area contributed by atoms with Crippen molar-refractivity contribution in [2.24, 2.45) is 0 Å². The van der Waals surface area contributed by atoms with Gasteiger partial charge in [-0.3, -0.25) is 0 Å². The van der Waals surface area contributed by atoms with Crippen LogP contribution in [0.15, 0.2) is 18.2 Å². The van der Waals surface area contributed by atoms with E-state index in [0.717, 1.165) is 39.0 Å². The average molecular weight is 340 g/mol. The minimum Gasteiger partial charge on any atom is -0.368 e. The number of halogens is 1. The summed E-state index contributed by atoms with van der Waals surface area (Å²) >= 11 is 0. The monoisotopic (exact) mass is 339 g/mol. The molecular weight excluding hydrogens is 310 g/mol. The van der Waals surface area contributed by atoms with Gasteiger partial charge in [0.1, 0.15) is 0 Å². The quantitative estimate of drug-likeness (QED) is 0.906. The van der Waals surface area contributed by atoms with E-state index in [-0.39, 0.29) is 18.4 Å². The second kappa shape index (κ2) is 9.02. The summed E-state index contributed by atoms with van der Waals surface area (Å²) in [6.07, 6.45) is 1.98. The van der Waals surface area contributed by atoms with E-state index < -0.39 is 0 Å². The Hall–Kier alpha value is -1.42. The molecule has 1 aromatic rings. The summed E-state index contributed by atoms with van der Waals surface area (Å²) in [6, 6.07) is 6.84. The number of carbonyl (C=O) groups excluding carboxylic acids is 1. The topological polar surface area (TPSA) is 35.6 Å². The molecule has 2 rings (SSSR count). The first-order chi connectivity index (χ1) is 10.6. The fraction of sp³-hybridized carbons (Fsp3) is 0.611. The van der Waals surface area contributed by atoms with Gasteiger partial charge in [-0.15, -0.1) is 12.4 Å². The summed E-state index contributed by atoms with van der Waals surface area (Å²) in [6.45, 7) is 12.0. The fourth-order valence-electron chi connectivity index (χ4n) is 2.99. The molecule has 0 spiro atoms. The molecule has 1 aromatic carbocycles. The molecule has 0 aromatic heterocycles. The van der Waals surface area contributed by atoms with E-state index >= 15 is 0 Å². The molecule has 2 amide bonds. The van der Waals surface area contributed by atoms with E-state index in [1.165, 1.54) is 16.8 Å². The average Bonchev–Trinajstić information content (AvgIpc) is 2.55. The number of carbonyl (C=O) groups is 1. The van der Waals surface area contributed by atoms with Gasteiger partial charge < -0.3 is 15.1 Å². The van der Waals surface area contributed by atoms with Crippen molar-refractivity contribution < 1.29 is 4.79 Å². The van der Waals surface area contributed by atoms with E-state index in [4.69, 9.17) is 0 Å². The lowest BCUT2D eigenvalue weighted by molar-refractivity contribution is 0.189. The van der Waals surface area contributed by atoms with Crippen molar-refractivity contribution in [1.29, 1.82) is 0 Å². The van der Waals surface area contributed by atoms with Crippen LogP contribution in [0, 0.1) is 13.8 Å². The van der Waals surface area contributed by atoms with E-state index in [2.05, 4.69) is 56.1 Å². The zero-order valence-corrected chi connectivity index (χ0v) is 15.6. The highest BCUT2D eigenvalue weighted by atomic mass is 35.5. The van der Waals surface area contributed by atoms with Crippen LogP contribution in [-0.2, 0) is 0 Å². The Morgan fingerprint density at radius 1 is 1.13 bits per heavy atom. The van der Waals surface area contributed by atoms with Crippen LogP contribution in [0.5, 0.6) is 0 Å². The number of benzene rings is 1. The highest BCUT2D eigenvalue weighted by Crippen LogP contribution is 2.23. The predicted molar refractivity (Wildman–Crippen MR) is 99.9 cm³/mol. The Bertz CT molecular complexity index is 509. The molecule has 4 nitrogen and oxygen atoms in total. The van der Waals surface area contributed by atoms with Crippen molar-refractivity contribution >= 4 is 24.1 Å². The lowest BCUT2D eigenvalue weighted by Crippen LogP contribution is -2.53. The predicted octanol–water partition coefficient (Wildman–Crippen LogP) is 3.75. The zero-order valence-electron chi connectivity index (χ0n) is 14.8. The molecule has 23 heavy (non-hydrogen) atoms. The molecule has 1 aliphatic rings. The number of anilines is 1. The van der Waals surface area contributed by atoms with Crippen LogP contribution in [0.2, 0.25) is 0 Å². The third-order valence-electron chi connectivity index (χ3n) is 4.80. The molecule has 1 heterocycles. The third kappa shape index (κ3) is 4.77. The highest BCUT2D eigenvalue weighted by Gasteiger charge is 2.23. The summed E-state index contributed by atoms with van der Waals surface area (Å²) < 4.78 is 0. The number of nitrogens with one attached hydrogen (secondary N) is 1. The summed E-state index contributed by atoms with van der Waals surface area (Å²) in [5.41, 5.74) is 3.98. The first kappa shape index (κ1) is 19.6. The number of nitrogens with zero attached hydrogens (tertiary/aromatic N) is 2. The lowest BCUT2D eigenvalue weighted by atomic mass is 10.1. The Morgan fingerprint density at radius 2 is 1.74 bits per heavy atom. The maximum atomic E-state index is 12.3. The lowest BCUT2D eigenvalue weighted by Gasteiger charge is -2.37. The molecule has 0 radical (unpaired) electrons. The van der Waals surface area contributed by atoms with Crippen LogP contribution in [0.25, 0.3) is 0 Å². The molecule has 0 aliphatic carbocycles. The molecule has 1 aliphatic heterocycles. The molecule has 1 saturated heterocycles. The van der Waals surface area contributed by atoms with Gasteiger partial charge in [-0.2, -0.15) is 0 Å². The number of hydrogen-bond donors (Lipinski definition) is 1. The van der Waals surface area contributed by atoms with Gasteiger partial charge in [-0.25, -0.2) is 4.79 Å². The number of piperazine rings is 1. The second-order valence-electron chi connectivity index (χ2n) is 6.16. The molecular formula is C18H30ClN3O.